The van der Waals surface area contributed by atoms with E-state index in [2.05, 4.69) is 36.1 Å². The van der Waals surface area contributed by atoms with Crippen molar-refractivity contribution >= 4 is 15.8 Å². The van der Waals surface area contributed by atoms with Crippen molar-refractivity contribution in [2.24, 2.45) is 5.92 Å². The van der Waals surface area contributed by atoms with E-state index < -0.39 is 10.0 Å². The fourth-order valence-electron chi connectivity index (χ4n) is 3.22. The summed E-state index contributed by atoms with van der Waals surface area (Å²) < 4.78 is 27.6. The van der Waals surface area contributed by atoms with Crippen molar-refractivity contribution < 1.29 is 8.42 Å². The number of nitrogens with zero attached hydrogens (tertiary/aromatic N) is 4. The van der Waals surface area contributed by atoms with Crippen LogP contribution in [0.2, 0.25) is 0 Å². The molecule has 4 rings (SSSR count). The lowest BCUT2D eigenvalue weighted by Gasteiger charge is -2.39. The fourth-order valence-corrected chi connectivity index (χ4v) is 4.71. The number of H-pyrrole nitrogens is 1. The summed E-state index contributed by atoms with van der Waals surface area (Å²) >= 11 is 0. The van der Waals surface area contributed by atoms with Crippen LogP contribution >= 0.6 is 0 Å². The van der Waals surface area contributed by atoms with Crippen molar-refractivity contribution in [3.05, 3.63) is 29.2 Å². The standard InChI is InChI=1S/C16H22N6O2S/c1-10-16(11(2)19-18-10)25(23,24)17-7-12-8-22(9-12)15-6-5-14(20-21-15)13-3-4-13/h5-6,12-13,17H,3-4,7-9H2,1-2H3,(H,18,19). The van der Waals surface area contributed by atoms with Gasteiger partial charge in [0.25, 0.3) is 0 Å². The molecular formula is C16H22N6O2S. The van der Waals surface area contributed by atoms with Crippen molar-refractivity contribution in [1.29, 1.82) is 0 Å². The first-order chi connectivity index (χ1) is 11.9. The predicted molar refractivity (Wildman–Crippen MR) is 93.0 cm³/mol. The predicted octanol–water partition coefficient (Wildman–Crippen LogP) is 1.11. The van der Waals surface area contributed by atoms with E-state index in [4.69, 9.17) is 0 Å². The van der Waals surface area contributed by atoms with Gasteiger partial charge < -0.3 is 4.90 Å². The molecule has 0 aromatic carbocycles. The summed E-state index contributed by atoms with van der Waals surface area (Å²) in [6.07, 6.45) is 2.44. The van der Waals surface area contributed by atoms with Crippen LogP contribution in [-0.4, -0.2) is 48.4 Å². The van der Waals surface area contributed by atoms with Crippen LogP contribution in [0.4, 0.5) is 5.82 Å². The summed E-state index contributed by atoms with van der Waals surface area (Å²) in [6.45, 7) is 5.37. The largest absolute Gasteiger partial charge is 0.354 e. The highest BCUT2D eigenvalue weighted by atomic mass is 32.2. The van der Waals surface area contributed by atoms with Crippen LogP contribution in [-0.2, 0) is 10.0 Å². The number of sulfonamides is 1. The first kappa shape index (κ1) is 16.5. The van der Waals surface area contributed by atoms with E-state index in [0.717, 1.165) is 24.6 Å². The van der Waals surface area contributed by atoms with E-state index in [1.165, 1.54) is 12.8 Å². The summed E-state index contributed by atoms with van der Waals surface area (Å²) in [6, 6.07) is 4.07. The first-order valence-corrected chi connectivity index (χ1v) is 10.0. The molecule has 8 nitrogen and oxygen atoms in total. The van der Waals surface area contributed by atoms with Gasteiger partial charge >= 0.3 is 0 Å². The average molecular weight is 362 g/mol. The molecule has 0 unspecified atom stereocenters. The van der Waals surface area contributed by atoms with Crippen LogP contribution in [0.3, 0.4) is 0 Å². The molecule has 0 amide bonds. The minimum Gasteiger partial charge on any atom is -0.354 e. The van der Waals surface area contributed by atoms with Crippen LogP contribution in [0.15, 0.2) is 17.0 Å². The number of nitrogens with one attached hydrogen (secondary N) is 2. The number of aromatic nitrogens is 4. The number of rotatable bonds is 6. The molecule has 0 bridgehead atoms. The van der Waals surface area contributed by atoms with Gasteiger partial charge in [0.15, 0.2) is 5.82 Å². The minimum absolute atomic E-state index is 0.255. The van der Waals surface area contributed by atoms with Crippen LogP contribution in [0.5, 0.6) is 0 Å². The number of aryl methyl sites for hydroxylation is 2. The van der Waals surface area contributed by atoms with E-state index in [1.807, 2.05) is 6.07 Å². The zero-order valence-corrected chi connectivity index (χ0v) is 15.2. The summed E-state index contributed by atoms with van der Waals surface area (Å²) in [5, 5.41) is 15.3. The maximum Gasteiger partial charge on any atom is 0.244 e. The zero-order valence-electron chi connectivity index (χ0n) is 14.4. The molecule has 2 aromatic rings. The highest BCUT2D eigenvalue weighted by Gasteiger charge is 2.31. The average Bonchev–Trinajstić information content (AvgIpc) is 3.31. The topological polar surface area (TPSA) is 104 Å². The maximum absolute atomic E-state index is 12.4. The van der Waals surface area contributed by atoms with Gasteiger partial charge in [0.1, 0.15) is 4.90 Å². The molecule has 2 aromatic heterocycles. The Bertz CT molecular complexity index is 847. The molecular weight excluding hydrogens is 340 g/mol. The van der Waals surface area contributed by atoms with E-state index in [9.17, 15) is 8.42 Å². The molecule has 1 saturated carbocycles. The Morgan fingerprint density at radius 2 is 2.00 bits per heavy atom. The van der Waals surface area contributed by atoms with Gasteiger partial charge in [0.05, 0.1) is 17.1 Å². The smallest absolute Gasteiger partial charge is 0.244 e. The molecule has 0 spiro atoms. The minimum atomic E-state index is -3.53. The van der Waals surface area contributed by atoms with Gasteiger partial charge in [-0.1, -0.05) is 0 Å². The van der Waals surface area contributed by atoms with Gasteiger partial charge in [-0.25, -0.2) is 13.1 Å². The van der Waals surface area contributed by atoms with Gasteiger partial charge in [-0.05, 0) is 38.8 Å². The molecule has 1 aliphatic carbocycles. The molecule has 0 radical (unpaired) electrons. The van der Waals surface area contributed by atoms with Crippen LogP contribution in [0.1, 0.15) is 35.8 Å². The lowest BCUT2D eigenvalue weighted by atomic mass is 10.0. The molecule has 0 atom stereocenters. The molecule has 2 N–H and O–H groups in total. The monoisotopic (exact) mass is 362 g/mol. The molecule has 3 heterocycles. The van der Waals surface area contributed by atoms with Gasteiger partial charge in [-0.3, -0.25) is 5.10 Å². The fraction of sp³-hybridized carbons (Fsp3) is 0.562. The Hall–Kier alpha value is -2.00. The second kappa shape index (κ2) is 6.06. The Morgan fingerprint density at radius 1 is 1.24 bits per heavy atom. The first-order valence-electron chi connectivity index (χ1n) is 8.54. The van der Waals surface area contributed by atoms with E-state index in [-0.39, 0.29) is 10.8 Å². The van der Waals surface area contributed by atoms with Gasteiger partial charge in [0, 0.05) is 31.5 Å². The van der Waals surface area contributed by atoms with Crippen molar-refractivity contribution in [2.75, 3.05) is 24.5 Å². The second-order valence-electron chi connectivity index (χ2n) is 6.98. The summed E-state index contributed by atoms with van der Waals surface area (Å²) in [7, 11) is -3.53. The van der Waals surface area contributed by atoms with E-state index in [0.29, 0.717) is 23.9 Å². The summed E-state index contributed by atoms with van der Waals surface area (Å²) in [4.78, 5) is 2.38. The number of hydrogen-bond acceptors (Lipinski definition) is 6. The van der Waals surface area contributed by atoms with Crippen molar-refractivity contribution in [1.82, 2.24) is 25.1 Å². The third kappa shape index (κ3) is 3.25. The molecule has 2 fully saturated rings. The molecule has 1 aliphatic heterocycles. The maximum atomic E-state index is 12.4. The molecule has 9 heteroatoms. The molecule has 25 heavy (non-hydrogen) atoms. The van der Waals surface area contributed by atoms with Gasteiger partial charge in [-0.15, -0.1) is 5.10 Å². The van der Waals surface area contributed by atoms with E-state index >= 15 is 0 Å². The lowest BCUT2D eigenvalue weighted by molar-refractivity contribution is 0.402. The van der Waals surface area contributed by atoms with Gasteiger partial charge in [-0.2, -0.15) is 10.2 Å². The highest BCUT2D eigenvalue weighted by molar-refractivity contribution is 7.89. The third-order valence-electron chi connectivity index (χ3n) is 4.84. The van der Waals surface area contributed by atoms with Crippen molar-refractivity contribution in [2.45, 2.75) is 37.5 Å². The number of aromatic amines is 1. The SMILES string of the molecule is Cc1n[nH]c(C)c1S(=O)(=O)NCC1CN(c2ccc(C3CC3)nn2)C1. The number of anilines is 1. The third-order valence-corrected chi connectivity index (χ3v) is 6.52. The summed E-state index contributed by atoms with van der Waals surface area (Å²) in [5.41, 5.74) is 2.14. The normalized spacial score (nSPS) is 18.4. The Morgan fingerprint density at radius 3 is 2.56 bits per heavy atom. The quantitative estimate of drug-likeness (QED) is 0.798. The zero-order chi connectivity index (χ0) is 17.6. The van der Waals surface area contributed by atoms with Crippen LogP contribution in [0, 0.1) is 19.8 Å². The molecule has 134 valence electrons. The van der Waals surface area contributed by atoms with E-state index in [1.54, 1.807) is 13.8 Å². The highest BCUT2D eigenvalue weighted by Crippen LogP contribution is 2.38. The Balaban J connectivity index is 1.31. The summed E-state index contributed by atoms with van der Waals surface area (Å²) in [5.74, 6) is 1.74. The Labute approximate surface area is 147 Å². The van der Waals surface area contributed by atoms with Crippen LogP contribution < -0.4 is 9.62 Å². The van der Waals surface area contributed by atoms with Crippen molar-refractivity contribution in [3.63, 3.8) is 0 Å². The van der Waals surface area contributed by atoms with Crippen molar-refractivity contribution in [3.8, 4) is 0 Å². The van der Waals surface area contributed by atoms with Crippen LogP contribution in [0.25, 0.3) is 0 Å². The van der Waals surface area contributed by atoms with Gasteiger partial charge in [0.2, 0.25) is 10.0 Å². The molecule has 1 saturated heterocycles. The lowest BCUT2D eigenvalue weighted by Crippen LogP contribution is -2.51. The second-order valence-corrected chi connectivity index (χ2v) is 8.68. The Kier molecular flexibility index (Phi) is 3.99. The molecule has 2 aliphatic rings. The number of hydrogen-bond donors (Lipinski definition) is 2.